The highest BCUT2D eigenvalue weighted by Crippen LogP contribution is 2.36. The van der Waals surface area contributed by atoms with E-state index < -0.39 is 14.8 Å². The molecule has 0 spiro atoms. The summed E-state index contributed by atoms with van der Waals surface area (Å²) in [6.07, 6.45) is 0.864. The Morgan fingerprint density at radius 1 is 1.33 bits per heavy atom. The third-order valence-electron chi connectivity index (χ3n) is 3.45. The molecule has 8 heteroatoms. The highest BCUT2D eigenvalue weighted by atomic mass is 32.2. The second-order valence-corrected chi connectivity index (χ2v) is 7.30. The number of hydrogen-bond acceptors (Lipinski definition) is 6. The second kappa shape index (κ2) is 6.30. The first-order valence-corrected chi connectivity index (χ1v) is 8.73. The maximum Gasteiger partial charge on any atom is 0.315 e. The third kappa shape index (κ3) is 3.63. The maximum atomic E-state index is 11.5. The molecule has 1 aliphatic heterocycles. The van der Waals surface area contributed by atoms with Gasteiger partial charge in [-0.25, -0.2) is 8.42 Å². The fraction of sp³-hybridized carbons (Fsp3) is 0.538. The number of hydrogen-bond donors (Lipinski definition) is 1. The van der Waals surface area contributed by atoms with E-state index in [1.165, 1.54) is 0 Å². The van der Waals surface area contributed by atoms with Gasteiger partial charge in [-0.15, -0.1) is 0 Å². The van der Waals surface area contributed by atoms with Gasteiger partial charge in [-0.1, -0.05) is 13.0 Å². The van der Waals surface area contributed by atoms with E-state index in [1.54, 1.807) is 23.1 Å². The van der Waals surface area contributed by atoms with Crippen molar-refractivity contribution in [1.82, 2.24) is 0 Å². The fourth-order valence-electron chi connectivity index (χ4n) is 2.33. The minimum absolute atomic E-state index is 0.0187. The van der Waals surface area contributed by atoms with Crippen LogP contribution in [-0.2, 0) is 9.84 Å². The topological polar surface area (TPSA) is 92.6 Å². The number of sulfone groups is 1. The average molecular weight is 313 g/mol. The first kappa shape index (κ1) is 15.6. The molecule has 2 rings (SSSR count). The molecule has 116 valence electrons. The predicted molar refractivity (Wildman–Crippen MR) is 82.7 cm³/mol. The Labute approximate surface area is 124 Å². The van der Waals surface area contributed by atoms with Crippen LogP contribution in [0, 0.1) is 10.1 Å². The summed E-state index contributed by atoms with van der Waals surface area (Å²) in [6, 6.07) is 5.11. The lowest BCUT2D eigenvalue weighted by molar-refractivity contribution is -0.383. The van der Waals surface area contributed by atoms with Gasteiger partial charge in [0, 0.05) is 19.6 Å². The Morgan fingerprint density at radius 2 is 2.00 bits per heavy atom. The van der Waals surface area contributed by atoms with Crippen LogP contribution in [0.15, 0.2) is 18.2 Å². The standard InChI is InChI=1S/C13H19N3O4S/c1-2-6-14-11-4-3-5-12(13(11)16(17)18)15-7-9-21(19,20)10-8-15/h3-5,14H,2,6-10H2,1H3. The predicted octanol–water partition coefficient (Wildman–Crippen LogP) is 1.65. The molecule has 1 heterocycles. The van der Waals surface area contributed by atoms with E-state index in [-0.39, 0.29) is 17.2 Å². The molecule has 0 unspecified atom stereocenters. The monoisotopic (exact) mass is 313 g/mol. The third-order valence-corrected chi connectivity index (χ3v) is 5.06. The van der Waals surface area contributed by atoms with Crippen molar-refractivity contribution in [3.63, 3.8) is 0 Å². The molecule has 0 aliphatic carbocycles. The number of nitro benzene ring substituents is 1. The summed E-state index contributed by atoms with van der Waals surface area (Å²) in [5.74, 6) is 0.0769. The SMILES string of the molecule is CCCNc1cccc(N2CCS(=O)(=O)CC2)c1[N+](=O)[O-]. The van der Waals surface area contributed by atoms with Gasteiger partial charge in [-0.05, 0) is 18.6 Å². The quantitative estimate of drug-likeness (QED) is 0.656. The first-order chi connectivity index (χ1) is 9.94. The van der Waals surface area contributed by atoms with Gasteiger partial charge in [-0.2, -0.15) is 0 Å². The van der Waals surface area contributed by atoms with Crippen LogP contribution in [-0.4, -0.2) is 44.5 Å². The molecule has 1 aromatic rings. The van der Waals surface area contributed by atoms with Crippen LogP contribution in [0.5, 0.6) is 0 Å². The van der Waals surface area contributed by atoms with Crippen molar-refractivity contribution >= 4 is 26.9 Å². The van der Waals surface area contributed by atoms with Gasteiger partial charge < -0.3 is 10.2 Å². The molecule has 0 bridgehead atoms. The second-order valence-electron chi connectivity index (χ2n) is 5.00. The van der Waals surface area contributed by atoms with Gasteiger partial charge in [-0.3, -0.25) is 10.1 Å². The number of anilines is 2. The average Bonchev–Trinajstić information content (AvgIpc) is 2.44. The Bertz CT molecular complexity index is 616. The zero-order chi connectivity index (χ0) is 15.5. The summed E-state index contributed by atoms with van der Waals surface area (Å²) in [7, 11) is -3.01. The number of para-hydroxylation sites is 1. The molecule has 21 heavy (non-hydrogen) atoms. The Kier molecular flexibility index (Phi) is 4.66. The largest absolute Gasteiger partial charge is 0.379 e. The molecule has 7 nitrogen and oxygen atoms in total. The molecule has 0 atom stereocenters. The van der Waals surface area contributed by atoms with E-state index in [0.717, 1.165) is 6.42 Å². The van der Waals surface area contributed by atoms with Crippen molar-refractivity contribution in [3.8, 4) is 0 Å². The molecule has 0 radical (unpaired) electrons. The van der Waals surface area contributed by atoms with Crippen LogP contribution in [0.4, 0.5) is 17.1 Å². The zero-order valence-corrected chi connectivity index (χ0v) is 12.7. The molecular formula is C13H19N3O4S. The normalized spacial score (nSPS) is 17.5. The van der Waals surface area contributed by atoms with E-state index in [0.29, 0.717) is 31.0 Å². The molecular weight excluding hydrogens is 294 g/mol. The Morgan fingerprint density at radius 3 is 2.57 bits per heavy atom. The van der Waals surface area contributed by atoms with Crippen LogP contribution in [0.3, 0.4) is 0 Å². The zero-order valence-electron chi connectivity index (χ0n) is 11.9. The summed E-state index contributed by atoms with van der Waals surface area (Å²) >= 11 is 0. The van der Waals surface area contributed by atoms with Crippen LogP contribution < -0.4 is 10.2 Å². The van der Waals surface area contributed by atoms with E-state index >= 15 is 0 Å². The Balaban J connectivity index is 2.32. The van der Waals surface area contributed by atoms with Crippen molar-refractivity contribution in [1.29, 1.82) is 0 Å². The number of benzene rings is 1. The summed E-state index contributed by atoms with van der Waals surface area (Å²) in [5, 5.41) is 14.4. The van der Waals surface area contributed by atoms with Gasteiger partial charge in [0.1, 0.15) is 11.4 Å². The molecule has 1 aromatic carbocycles. The van der Waals surface area contributed by atoms with Crippen molar-refractivity contribution in [2.24, 2.45) is 0 Å². The molecule has 1 fully saturated rings. The van der Waals surface area contributed by atoms with Gasteiger partial charge in [0.2, 0.25) is 0 Å². The fourth-order valence-corrected chi connectivity index (χ4v) is 3.54. The molecule has 0 aromatic heterocycles. The molecule has 1 saturated heterocycles. The smallest absolute Gasteiger partial charge is 0.315 e. The maximum absolute atomic E-state index is 11.5. The van der Waals surface area contributed by atoms with Crippen molar-refractivity contribution in [2.75, 3.05) is 41.4 Å². The van der Waals surface area contributed by atoms with Gasteiger partial charge in [0.25, 0.3) is 0 Å². The lowest BCUT2D eigenvalue weighted by Gasteiger charge is -2.28. The molecule has 1 N–H and O–H groups in total. The lowest BCUT2D eigenvalue weighted by Crippen LogP contribution is -2.40. The lowest BCUT2D eigenvalue weighted by atomic mass is 10.2. The van der Waals surface area contributed by atoms with Crippen molar-refractivity contribution in [3.05, 3.63) is 28.3 Å². The molecule has 0 amide bonds. The van der Waals surface area contributed by atoms with Gasteiger partial charge in [0.15, 0.2) is 9.84 Å². The molecule has 1 aliphatic rings. The first-order valence-electron chi connectivity index (χ1n) is 6.91. The summed E-state index contributed by atoms with van der Waals surface area (Å²) in [5.41, 5.74) is 0.981. The minimum Gasteiger partial charge on any atom is -0.379 e. The van der Waals surface area contributed by atoms with Crippen LogP contribution >= 0.6 is 0 Å². The van der Waals surface area contributed by atoms with E-state index in [9.17, 15) is 18.5 Å². The van der Waals surface area contributed by atoms with Crippen molar-refractivity contribution < 1.29 is 13.3 Å². The summed E-state index contributed by atoms with van der Waals surface area (Å²) in [6.45, 7) is 3.22. The minimum atomic E-state index is -3.01. The van der Waals surface area contributed by atoms with Crippen LogP contribution in [0.1, 0.15) is 13.3 Å². The Hall–Kier alpha value is -1.83. The number of nitrogens with one attached hydrogen (secondary N) is 1. The van der Waals surface area contributed by atoms with E-state index in [4.69, 9.17) is 0 Å². The van der Waals surface area contributed by atoms with Gasteiger partial charge in [0.05, 0.1) is 16.4 Å². The highest BCUT2D eigenvalue weighted by molar-refractivity contribution is 7.91. The number of nitro groups is 1. The highest BCUT2D eigenvalue weighted by Gasteiger charge is 2.28. The van der Waals surface area contributed by atoms with Crippen LogP contribution in [0.25, 0.3) is 0 Å². The van der Waals surface area contributed by atoms with E-state index in [1.807, 2.05) is 6.92 Å². The number of nitrogens with zero attached hydrogens (tertiary/aromatic N) is 2. The summed E-state index contributed by atoms with van der Waals surface area (Å²) < 4.78 is 23.0. The van der Waals surface area contributed by atoms with Crippen LogP contribution in [0.2, 0.25) is 0 Å². The van der Waals surface area contributed by atoms with Gasteiger partial charge >= 0.3 is 5.69 Å². The van der Waals surface area contributed by atoms with Crippen molar-refractivity contribution in [2.45, 2.75) is 13.3 Å². The number of rotatable bonds is 5. The molecule has 0 saturated carbocycles. The summed E-state index contributed by atoms with van der Waals surface area (Å²) in [4.78, 5) is 12.8. The van der Waals surface area contributed by atoms with E-state index in [2.05, 4.69) is 5.32 Å².